The number of nitro groups is 1. The fraction of sp³-hybridized carbons (Fsp3) is 0.214. The van der Waals surface area contributed by atoms with Crippen LogP contribution in [0, 0.1) is 10.1 Å². The van der Waals surface area contributed by atoms with E-state index in [1.54, 1.807) is 12.1 Å². The van der Waals surface area contributed by atoms with Crippen LogP contribution >= 0.6 is 11.6 Å². The van der Waals surface area contributed by atoms with E-state index in [0.717, 1.165) is 29.1 Å². The van der Waals surface area contributed by atoms with Crippen molar-refractivity contribution in [1.29, 1.82) is 0 Å². The minimum absolute atomic E-state index is 0.0560. The number of hydrogen-bond donors (Lipinski definition) is 0. The molecule has 1 amide bonds. The van der Waals surface area contributed by atoms with Crippen molar-refractivity contribution in [3.63, 3.8) is 0 Å². The van der Waals surface area contributed by atoms with Crippen LogP contribution < -0.4 is 10.3 Å². The summed E-state index contributed by atoms with van der Waals surface area (Å²) in [6.07, 6.45) is -3.63. The molecule has 0 radical (unpaired) electrons. The van der Waals surface area contributed by atoms with Crippen molar-refractivity contribution < 1.29 is 32.4 Å². The Morgan fingerprint density at radius 3 is 2.60 bits per heavy atom. The lowest BCUT2D eigenvalue weighted by Gasteiger charge is -2.26. The van der Waals surface area contributed by atoms with Gasteiger partial charge in [-0.3, -0.25) is 19.7 Å². The number of hydrogen-bond acceptors (Lipinski definition) is 8. The van der Waals surface area contributed by atoms with Crippen molar-refractivity contribution in [1.82, 2.24) is 14.6 Å². The fourth-order valence-corrected chi connectivity index (χ4v) is 4.62. The van der Waals surface area contributed by atoms with E-state index in [2.05, 4.69) is 10.1 Å². The summed E-state index contributed by atoms with van der Waals surface area (Å²) in [6, 6.07) is 12.7. The van der Waals surface area contributed by atoms with Crippen LogP contribution in [0.3, 0.4) is 0 Å². The number of halogens is 4. The second kappa shape index (κ2) is 12.2. The van der Waals surface area contributed by atoms with Crippen LogP contribution in [-0.2, 0) is 15.7 Å². The molecule has 2 heterocycles. The summed E-state index contributed by atoms with van der Waals surface area (Å²) in [6.45, 7) is 0.794. The standard InChI is InChI=1S/C28H21ClF3N5O6/c29-20-13-18(25(23(14-20)37(40)41)43-16-24(38)35-8-10-42-11-9-35)15-33-36-26(17-4-3-5-19(12-17)28(30,31)32)34-22-7-2-1-6-21(22)27(36)39/h1-7,12-15H,8-11,16H2. The molecule has 0 saturated carbocycles. The van der Waals surface area contributed by atoms with E-state index in [1.807, 2.05) is 0 Å². The number of para-hydroxylation sites is 1. The Hall–Kier alpha value is -4.82. The first-order valence-electron chi connectivity index (χ1n) is 12.7. The number of carbonyl (C=O) groups excluding carboxylic acids is 1. The zero-order valence-electron chi connectivity index (χ0n) is 22.1. The topological polar surface area (TPSA) is 129 Å². The van der Waals surface area contributed by atoms with Crippen LogP contribution in [0.2, 0.25) is 5.02 Å². The van der Waals surface area contributed by atoms with Crippen LogP contribution in [0.25, 0.3) is 22.3 Å². The number of nitrogens with zero attached hydrogens (tertiary/aromatic N) is 5. The molecular weight excluding hydrogens is 595 g/mol. The number of carbonyl (C=O) groups is 1. The van der Waals surface area contributed by atoms with Crippen molar-refractivity contribution in [2.45, 2.75) is 6.18 Å². The smallest absolute Gasteiger partial charge is 0.416 e. The predicted octanol–water partition coefficient (Wildman–Crippen LogP) is 4.76. The molecule has 1 fully saturated rings. The largest absolute Gasteiger partial charge is 0.476 e. The average molecular weight is 616 g/mol. The van der Waals surface area contributed by atoms with E-state index in [4.69, 9.17) is 21.1 Å². The number of nitro benzene ring substituents is 1. The molecule has 0 atom stereocenters. The maximum Gasteiger partial charge on any atom is 0.416 e. The van der Waals surface area contributed by atoms with Gasteiger partial charge in [-0.25, -0.2) is 4.98 Å². The molecule has 0 N–H and O–H groups in total. The Balaban J connectivity index is 1.61. The van der Waals surface area contributed by atoms with Gasteiger partial charge < -0.3 is 14.4 Å². The lowest BCUT2D eigenvalue weighted by molar-refractivity contribution is -0.385. The van der Waals surface area contributed by atoms with Crippen molar-refractivity contribution in [2.75, 3.05) is 32.9 Å². The molecule has 1 aliphatic heterocycles. The van der Waals surface area contributed by atoms with Gasteiger partial charge in [0, 0.05) is 35.3 Å². The second-order valence-electron chi connectivity index (χ2n) is 9.27. The summed E-state index contributed by atoms with van der Waals surface area (Å²) in [5.74, 6) is -0.994. The zero-order chi connectivity index (χ0) is 30.7. The first kappa shape index (κ1) is 29.7. The average Bonchev–Trinajstić information content (AvgIpc) is 2.99. The molecular formula is C28H21ClF3N5O6. The number of amides is 1. The highest BCUT2D eigenvalue weighted by Crippen LogP contribution is 2.35. The van der Waals surface area contributed by atoms with Gasteiger partial charge in [0.25, 0.3) is 11.5 Å². The van der Waals surface area contributed by atoms with E-state index < -0.39 is 40.4 Å². The number of ether oxygens (including phenoxy) is 2. The molecule has 3 aromatic carbocycles. The quantitative estimate of drug-likeness (QED) is 0.166. The number of morpholine rings is 1. The molecule has 0 unspecified atom stereocenters. The van der Waals surface area contributed by atoms with E-state index in [9.17, 15) is 32.9 Å². The molecule has 5 rings (SSSR count). The maximum atomic E-state index is 13.5. The lowest BCUT2D eigenvalue weighted by atomic mass is 10.1. The highest BCUT2D eigenvalue weighted by molar-refractivity contribution is 6.31. The van der Waals surface area contributed by atoms with E-state index in [-0.39, 0.29) is 38.6 Å². The molecule has 43 heavy (non-hydrogen) atoms. The Labute approximate surface area is 245 Å². The van der Waals surface area contributed by atoms with E-state index >= 15 is 0 Å². The van der Waals surface area contributed by atoms with Gasteiger partial charge in [-0.1, -0.05) is 35.9 Å². The van der Waals surface area contributed by atoms with E-state index in [1.165, 1.54) is 35.2 Å². The molecule has 15 heteroatoms. The minimum atomic E-state index is -4.66. The molecule has 4 aromatic rings. The molecule has 1 aliphatic rings. The van der Waals surface area contributed by atoms with Gasteiger partial charge in [-0.2, -0.15) is 22.9 Å². The van der Waals surface area contributed by atoms with Crippen molar-refractivity contribution in [3.8, 4) is 17.1 Å². The SMILES string of the molecule is O=C(COc1c(C=Nn2c(-c3cccc(C(F)(F)F)c3)nc3ccccc3c2=O)cc(Cl)cc1[N+](=O)[O-])N1CCOCC1. The molecule has 1 saturated heterocycles. The molecule has 222 valence electrons. The van der Waals surface area contributed by atoms with Gasteiger partial charge in [0.15, 0.2) is 12.4 Å². The maximum absolute atomic E-state index is 13.5. The summed E-state index contributed by atoms with van der Waals surface area (Å²) in [7, 11) is 0. The lowest BCUT2D eigenvalue weighted by Crippen LogP contribution is -2.43. The molecule has 11 nitrogen and oxygen atoms in total. The summed E-state index contributed by atoms with van der Waals surface area (Å²) < 4.78 is 52.1. The number of fused-ring (bicyclic) bond motifs is 1. The number of rotatable bonds is 7. The Bertz CT molecular complexity index is 1800. The van der Waals surface area contributed by atoms with Crippen molar-refractivity contribution in [3.05, 3.63) is 97.3 Å². The van der Waals surface area contributed by atoms with Gasteiger partial charge in [0.2, 0.25) is 5.75 Å². The summed E-state index contributed by atoms with van der Waals surface area (Å²) in [5, 5.41) is 16.1. The molecule has 1 aromatic heterocycles. The predicted molar refractivity (Wildman–Crippen MR) is 150 cm³/mol. The van der Waals surface area contributed by atoms with E-state index in [0.29, 0.717) is 26.3 Å². The fourth-order valence-electron chi connectivity index (χ4n) is 4.40. The zero-order valence-corrected chi connectivity index (χ0v) is 22.8. The summed E-state index contributed by atoms with van der Waals surface area (Å²) in [5.41, 5.74) is -2.14. The third-order valence-electron chi connectivity index (χ3n) is 6.48. The van der Waals surface area contributed by atoms with Gasteiger partial charge in [0.1, 0.15) is 0 Å². The third kappa shape index (κ3) is 6.49. The molecule has 0 spiro atoms. The van der Waals surface area contributed by atoms with Gasteiger partial charge >= 0.3 is 11.9 Å². The second-order valence-corrected chi connectivity index (χ2v) is 9.71. The van der Waals surface area contributed by atoms with Crippen LogP contribution in [0.1, 0.15) is 11.1 Å². The molecule has 0 aliphatic carbocycles. The van der Waals surface area contributed by atoms with Gasteiger partial charge in [-0.15, -0.1) is 0 Å². The van der Waals surface area contributed by atoms with Crippen LogP contribution in [0.15, 0.2) is 70.6 Å². The van der Waals surface area contributed by atoms with Gasteiger partial charge in [0.05, 0.1) is 40.8 Å². The van der Waals surface area contributed by atoms with Crippen LogP contribution in [-0.4, -0.2) is 64.5 Å². The Morgan fingerprint density at radius 1 is 1.14 bits per heavy atom. The van der Waals surface area contributed by atoms with Crippen molar-refractivity contribution in [2.24, 2.45) is 5.10 Å². The van der Waals surface area contributed by atoms with Gasteiger partial charge in [-0.05, 0) is 30.3 Å². The van der Waals surface area contributed by atoms with Crippen LogP contribution in [0.5, 0.6) is 5.75 Å². The monoisotopic (exact) mass is 615 g/mol. The summed E-state index contributed by atoms with van der Waals surface area (Å²) >= 11 is 6.13. The Morgan fingerprint density at radius 2 is 1.88 bits per heavy atom. The first-order chi connectivity index (χ1) is 20.5. The van der Waals surface area contributed by atoms with Crippen molar-refractivity contribution >= 4 is 40.3 Å². The number of alkyl halides is 3. The third-order valence-corrected chi connectivity index (χ3v) is 6.70. The summed E-state index contributed by atoms with van der Waals surface area (Å²) in [4.78, 5) is 43.1. The first-order valence-corrected chi connectivity index (χ1v) is 13.1. The Kier molecular flexibility index (Phi) is 8.41. The minimum Gasteiger partial charge on any atom is -0.476 e. The number of aromatic nitrogens is 2. The highest BCUT2D eigenvalue weighted by Gasteiger charge is 2.31. The highest BCUT2D eigenvalue weighted by atomic mass is 35.5. The van der Waals surface area contributed by atoms with Crippen LogP contribution in [0.4, 0.5) is 18.9 Å². The number of benzene rings is 3. The normalized spacial score (nSPS) is 13.9. The molecule has 0 bridgehead atoms.